The van der Waals surface area contributed by atoms with Crippen molar-refractivity contribution in [3.63, 3.8) is 0 Å². The number of carbonyl (C=O) groups is 3. The molecular weight excluding hydrogens is 382 g/mol. The number of benzene rings is 2. The smallest absolute Gasteiger partial charge is 0.306 e. The van der Waals surface area contributed by atoms with Gasteiger partial charge in [0.1, 0.15) is 11.8 Å². The maximum absolute atomic E-state index is 13.2. The summed E-state index contributed by atoms with van der Waals surface area (Å²) in [6.45, 7) is 3.74. The largest absolute Gasteiger partial charge is 0.497 e. The number of carbonyl (C=O) groups excluding carboxylic acids is 3. The van der Waals surface area contributed by atoms with E-state index in [-0.39, 0.29) is 25.2 Å². The Morgan fingerprint density at radius 3 is 2.37 bits per heavy atom. The first kappa shape index (κ1) is 22.7. The highest BCUT2D eigenvalue weighted by Gasteiger charge is 2.32. The summed E-state index contributed by atoms with van der Waals surface area (Å²) in [5.74, 6) is 1.31. The minimum atomic E-state index is -0.976. The quantitative estimate of drug-likeness (QED) is 0.469. The Labute approximate surface area is 176 Å². The fourth-order valence-corrected chi connectivity index (χ4v) is 3.17. The van der Waals surface area contributed by atoms with Crippen LogP contribution in [0.2, 0.25) is 0 Å². The minimum absolute atomic E-state index is 0.0737. The molecule has 0 radical (unpaired) electrons. The molecule has 0 N–H and O–H groups in total. The highest BCUT2D eigenvalue weighted by atomic mass is 16.5. The SMILES string of the molecule is C#CC(=O)N(c1ccc(OC)cc1C)C(C(=O)CCC(=O)OCC)c1ccccc1. The summed E-state index contributed by atoms with van der Waals surface area (Å²) in [4.78, 5) is 39.1. The van der Waals surface area contributed by atoms with Crippen molar-refractivity contribution in [2.24, 2.45) is 0 Å². The van der Waals surface area contributed by atoms with Gasteiger partial charge in [-0.25, -0.2) is 0 Å². The Balaban J connectivity index is 2.51. The fraction of sp³-hybridized carbons (Fsp3) is 0.292. The van der Waals surface area contributed by atoms with Gasteiger partial charge in [-0.3, -0.25) is 19.3 Å². The first-order valence-electron chi connectivity index (χ1n) is 9.60. The number of ketones is 1. The zero-order valence-corrected chi connectivity index (χ0v) is 17.4. The van der Waals surface area contributed by atoms with Crippen LogP contribution in [0.1, 0.15) is 36.9 Å². The molecule has 0 aliphatic carbocycles. The molecular formula is C24H25NO5. The van der Waals surface area contributed by atoms with Crippen LogP contribution in [0.15, 0.2) is 48.5 Å². The summed E-state index contributed by atoms with van der Waals surface area (Å²) in [5, 5.41) is 0. The molecule has 1 atom stereocenters. The summed E-state index contributed by atoms with van der Waals surface area (Å²) >= 11 is 0. The van der Waals surface area contributed by atoms with Crippen LogP contribution >= 0.6 is 0 Å². The topological polar surface area (TPSA) is 72.9 Å². The Morgan fingerprint density at radius 2 is 1.80 bits per heavy atom. The van der Waals surface area contributed by atoms with E-state index in [1.54, 1.807) is 63.4 Å². The van der Waals surface area contributed by atoms with Crippen molar-refractivity contribution in [3.05, 3.63) is 59.7 Å². The van der Waals surface area contributed by atoms with Crippen molar-refractivity contribution in [2.45, 2.75) is 32.7 Å². The lowest BCUT2D eigenvalue weighted by molar-refractivity contribution is -0.144. The van der Waals surface area contributed by atoms with E-state index in [1.807, 2.05) is 6.07 Å². The van der Waals surface area contributed by atoms with E-state index >= 15 is 0 Å². The van der Waals surface area contributed by atoms with Crippen LogP contribution in [-0.2, 0) is 19.1 Å². The van der Waals surface area contributed by atoms with Crippen LogP contribution in [0, 0.1) is 19.3 Å². The van der Waals surface area contributed by atoms with Gasteiger partial charge < -0.3 is 9.47 Å². The molecule has 2 aromatic carbocycles. The minimum Gasteiger partial charge on any atom is -0.497 e. The molecule has 0 bridgehead atoms. The highest BCUT2D eigenvalue weighted by Crippen LogP contribution is 2.33. The zero-order chi connectivity index (χ0) is 22.1. The molecule has 6 nitrogen and oxygen atoms in total. The summed E-state index contributed by atoms with van der Waals surface area (Å²) in [7, 11) is 1.55. The van der Waals surface area contributed by atoms with Crippen LogP contribution in [-0.4, -0.2) is 31.4 Å². The summed E-state index contributed by atoms with van der Waals surface area (Å²) in [5.41, 5.74) is 1.82. The molecule has 0 spiro atoms. The maximum Gasteiger partial charge on any atom is 0.306 e. The van der Waals surface area contributed by atoms with Gasteiger partial charge in [0.05, 0.1) is 20.1 Å². The van der Waals surface area contributed by atoms with Gasteiger partial charge in [-0.1, -0.05) is 30.3 Å². The summed E-state index contributed by atoms with van der Waals surface area (Å²) in [6, 6.07) is 13.1. The molecule has 1 unspecified atom stereocenters. The predicted molar refractivity (Wildman–Crippen MR) is 114 cm³/mol. The second kappa shape index (κ2) is 10.8. The molecule has 1 amide bonds. The first-order chi connectivity index (χ1) is 14.4. The van der Waals surface area contributed by atoms with Crippen molar-refractivity contribution in [1.82, 2.24) is 0 Å². The van der Waals surface area contributed by atoms with Gasteiger partial charge in [-0.05, 0) is 49.1 Å². The van der Waals surface area contributed by atoms with Gasteiger partial charge in [0.25, 0.3) is 0 Å². The van der Waals surface area contributed by atoms with E-state index in [9.17, 15) is 14.4 Å². The van der Waals surface area contributed by atoms with Crippen LogP contribution < -0.4 is 9.64 Å². The van der Waals surface area contributed by atoms with Crippen LogP contribution in [0.4, 0.5) is 5.69 Å². The lowest BCUT2D eigenvalue weighted by Gasteiger charge is -2.31. The molecule has 156 valence electrons. The monoisotopic (exact) mass is 407 g/mol. The van der Waals surface area contributed by atoms with E-state index in [4.69, 9.17) is 15.9 Å². The molecule has 0 heterocycles. The molecule has 0 fully saturated rings. The molecule has 0 aliphatic rings. The number of nitrogens with zero attached hydrogens (tertiary/aromatic N) is 1. The first-order valence-corrected chi connectivity index (χ1v) is 9.60. The van der Waals surface area contributed by atoms with Gasteiger partial charge in [0.15, 0.2) is 5.78 Å². The van der Waals surface area contributed by atoms with Crippen molar-refractivity contribution in [1.29, 1.82) is 0 Å². The number of hydrogen-bond donors (Lipinski definition) is 0. The predicted octanol–water partition coefficient (Wildman–Crippen LogP) is 3.62. The van der Waals surface area contributed by atoms with Gasteiger partial charge in [0.2, 0.25) is 0 Å². The standard InChI is InChI=1S/C24H25NO5/c1-5-22(27)25(20-13-12-19(29-4)16-17(20)3)24(18-10-8-7-9-11-18)21(26)14-15-23(28)30-6-2/h1,7-13,16,24H,6,14-15H2,2-4H3. The number of anilines is 1. The molecule has 6 heteroatoms. The average Bonchev–Trinajstić information content (AvgIpc) is 2.76. The Kier molecular flexibility index (Phi) is 8.18. The van der Waals surface area contributed by atoms with E-state index in [0.717, 1.165) is 5.56 Å². The van der Waals surface area contributed by atoms with Crippen molar-refractivity contribution in [3.8, 4) is 18.1 Å². The van der Waals surface area contributed by atoms with E-state index in [1.165, 1.54) is 4.90 Å². The molecule has 0 aromatic heterocycles. The number of hydrogen-bond acceptors (Lipinski definition) is 5. The lowest BCUT2D eigenvalue weighted by Crippen LogP contribution is -2.39. The third kappa shape index (κ3) is 5.48. The molecule has 30 heavy (non-hydrogen) atoms. The van der Waals surface area contributed by atoms with Gasteiger partial charge in [-0.15, -0.1) is 6.42 Å². The van der Waals surface area contributed by atoms with Gasteiger partial charge >= 0.3 is 11.9 Å². The summed E-state index contributed by atoms with van der Waals surface area (Å²) < 4.78 is 10.2. The number of rotatable bonds is 9. The number of Topliss-reactive ketones (excluding diaryl/α,β-unsaturated/α-hetero) is 1. The Morgan fingerprint density at radius 1 is 1.10 bits per heavy atom. The van der Waals surface area contributed by atoms with Crippen molar-refractivity contribution in [2.75, 3.05) is 18.6 Å². The maximum atomic E-state index is 13.2. The molecule has 2 aromatic rings. The van der Waals surface area contributed by atoms with E-state index < -0.39 is 17.9 Å². The third-order valence-corrected chi connectivity index (χ3v) is 4.57. The second-order valence-electron chi connectivity index (χ2n) is 6.56. The summed E-state index contributed by atoms with van der Waals surface area (Å²) in [6.07, 6.45) is 5.29. The third-order valence-electron chi connectivity index (χ3n) is 4.57. The fourth-order valence-electron chi connectivity index (χ4n) is 3.17. The lowest BCUT2D eigenvalue weighted by atomic mass is 9.96. The van der Waals surface area contributed by atoms with Gasteiger partial charge in [-0.2, -0.15) is 0 Å². The number of esters is 1. The molecule has 0 saturated heterocycles. The van der Waals surface area contributed by atoms with E-state index in [0.29, 0.717) is 17.0 Å². The Bertz CT molecular complexity index is 946. The molecule has 2 rings (SSSR count). The van der Waals surface area contributed by atoms with Crippen LogP contribution in [0.5, 0.6) is 5.75 Å². The number of aryl methyl sites for hydroxylation is 1. The molecule has 0 saturated carbocycles. The average molecular weight is 407 g/mol. The number of amides is 1. The number of methoxy groups -OCH3 is 1. The van der Waals surface area contributed by atoms with E-state index in [2.05, 4.69) is 5.92 Å². The Hall–Kier alpha value is -3.59. The van der Waals surface area contributed by atoms with Crippen LogP contribution in [0.25, 0.3) is 0 Å². The normalized spacial score (nSPS) is 11.1. The van der Waals surface area contributed by atoms with Crippen molar-refractivity contribution < 1.29 is 23.9 Å². The molecule has 0 aliphatic heterocycles. The zero-order valence-electron chi connectivity index (χ0n) is 17.4. The van der Waals surface area contributed by atoms with Gasteiger partial charge in [0, 0.05) is 12.1 Å². The number of terminal acetylenes is 1. The van der Waals surface area contributed by atoms with Crippen LogP contribution in [0.3, 0.4) is 0 Å². The highest BCUT2D eigenvalue weighted by molar-refractivity contribution is 6.10. The number of ether oxygens (including phenoxy) is 2. The second-order valence-corrected chi connectivity index (χ2v) is 6.56. The van der Waals surface area contributed by atoms with Crippen molar-refractivity contribution >= 4 is 23.3 Å².